The minimum Gasteiger partial charge on any atom is -0.383 e. The number of terminal acetylenes is 1. The fraction of sp³-hybridized carbons (Fsp3) is 0.455. The molecule has 1 fully saturated rings. The number of rotatable bonds is 1. The lowest BCUT2D eigenvalue weighted by molar-refractivity contribution is 0.312. The van der Waals surface area contributed by atoms with Crippen LogP contribution in [0, 0.1) is 12.3 Å². The van der Waals surface area contributed by atoms with Gasteiger partial charge in [0, 0.05) is 32.2 Å². The highest BCUT2D eigenvalue weighted by Gasteiger charge is 2.16. The van der Waals surface area contributed by atoms with Crippen LogP contribution in [0.1, 0.15) is 5.82 Å². The van der Waals surface area contributed by atoms with Crippen LogP contribution in [0.25, 0.3) is 0 Å². The van der Waals surface area contributed by atoms with Gasteiger partial charge < -0.3 is 15.5 Å². The summed E-state index contributed by atoms with van der Waals surface area (Å²) in [6.45, 7) is 3.93. The molecule has 0 aromatic carbocycles. The zero-order valence-electron chi connectivity index (χ0n) is 9.35. The second-order valence-corrected chi connectivity index (χ2v) is 3.91. The van der Waals surface area contributed by atoms with Crippen LogP contribution in [-0.2, 0) is 0 Å². The van der Waals surface area contributed by atoms with Gasteiger partial charge in [-0.3, -0.25) is 0 Å². The fourth-order valence-electron chi connectivity index (χ4n) is 1.71. The molecule has 1 saturated heterocycles. The third-order valence-corrected chi connectivity index (χ3v) is 2.69. The van der Waals surface area contributed by atoms with E-state index in [1.54, 1.807) is 6.07 Å². The first-order chi connectivity index (χ1) is 7.69. The van der Waals surface area contributed by atoms with Crippen molar-refractivity contribution in [3.63, 3.8) is 0 Å². The van der Waals surface area contributed by atoms with E-state index in [-0.39, 0.29) is 0 Å². The lowest BCUT2D eigenvalue weighted by Gasteiger charge is -2.33. The number of anilines is 2. The van der Waals surface area contributed by atoms with E-state index in [9.17, 15) is 0 Å². The molecule has 2 N–H and O–H groups in total. The first-order valence-corrected chi connectivity index (χ1v) is 5.23. The van der Waals surface area contributed by atoms with Crippen molar-refractivity contribution in [1.82, 2.24) is 14.9 Å². The maximum atomic E-state index is 5.69. The topological polar surface area (TPSA) is 58.3 Å². The first-order valence-electron chi connectivity index (χ1n) is 5.23. The number of hydrogen-bond acceptors (Lipinski definition) is 5. The number of nitrogens with two attached hydrogens (primary N) is 1. The van der Waals surface area contributed by atoms with Gasteiger partial charge >= 0.3 is 0 Å². The van der Waals surface area contributed by atoms with Gasteiger partial charge in [-0.1, -0.05) is 0 Å². The van der Waals surface area contributed by atoms with Crippen LogP contribution in [0.5, 0.6) is 0 Å². The highest BCUT2D eigenvalue weighted by molar-refractivity contribution is 5.49. The molecule has 1 aromatic heterocycles. The Labute approximate surface area is 95.3 Å². The summed E-state index contributed by atoms with van der Waals surface area (Å²) in [4.78, 5) is 12.7. The maximum Gasteiger partial charge on any atom is 0.208 e. The quantitative estimate of drug-likeness (QED) is 0.660. The number of piperazine rings is 1. The molecule has 1 aliphatic rings. The number of nitrogen functional groups attached to an aromatic ring is 1. The summed E-state index contributed by atoms with van der Waals surface area (Å²) in [5.74, 6) is 4.03. The van der Waals surface area contributed by atoms with Crippen molar-refractivity contribution in [3.8, 4) is 12.3 Å². The van der Waals surface area contributed by atoms with Gasteiger partial charge in [0.1, 0.15) is 11.6 Å². The average molecular weight is 217 g/mol. The van der Waals surface area contributed by atoms with Gasteiger partial charge in [-0.25, -0.2) is 9.97 Å². The predicted molar refractivity (Wildman–Crippen MR) is 64.1 cm³/mol. The average Bonchev–Trinajstić information content (AvgIpc) is 2.29. The van der Waals surface area contributed by atoms with E-state index in [1.165, 1.54) is 0 Å². The minimum atomic E-state index is 0.355. The molecule has 0 amide bonds. The zero-order valence-corrected chi connectivity index (χ0v) is 9.35. The van der Waals surface area contributed by atoms with Gasteiger partial charge in [-0.15, -0.1) is 6.42 Å². The molecule has 0 aliphatic carbocycles. The Morgan fingerprint density at radius 2 is 2.00 bits per heavy atom. The van der Waals surface area contributed by atoms with Crippen LogP contribution in [0.15, 0.2) is 6.07 Å². The summed E-state index contributed by atoms with van der Waals surface area (Å²) < 4.78 is 0. The highest BCUT2D eigenvalue weighted by atomic mass is 15.3. The van der Waals surface area contributed by atoms with Crippen molar-refractivity contribution in [3.05, 3.63) is 11.9 Å². The van der Waals surface area contributed by atoms with Crippen LogP contribution in [0.4, 0.5) is 11.6 Å². The van der Waals surface area contributed by atoms with Gasteiger partial charge in [0.2, 0.25) is 5.82 Å². The molecule has 84 valence electrons. The standard InChI is InChI=1S/C11H15N5/c1-3-10-13-9(12)8-11(14-10)16-6-4-15(2)5-7-16/h1,8H,4-7H2,2H3,(H2,12,13,14). The molecular formula is C11H15N5. The monoisotopic (exact) mass is 217 g/mol. The molecule has 5 nitrogen and oxygen atoms in total. The van der Waals surface area contributed by atoms with E-state index in [1.807, 2.05) is 0 Å². The lowest BCUT2D eigenvalue weighted by Crippen LogP contribution is -2.44. The van der Waals surface area contributed by atoms with E-state index < -0.39 is 0 Å². The summed E-state index contributed by atoms with van der Waals surface area (Å²) in [5, 5.41) is 0. The Balaban J connectivity index is 2.20. The molecule has 1 aliphatic heterocycles. The highest BCUT2D eigenvalue weighted by Crippen LogP contribution is 2.15. The fourth-order valence-corrected chi connectivity index (χ4v) is 1.71. The van der Waals surface area contributed by atoms with E-state index in [0.717, 1.165) is 32.0 Å². The summed E-state index contributed by atoms with van der Waals surface area (Å²) in [7, 11) is 2.11. The Morgan fingerprint density at radius 1 is 1.31 bits per heavy atom. The smallest absolute Gasteiger partial charge is 0.208 e. The van der Waals surface area contributed by atoms with Crippen molar-refractivity contribution in [2.45, 2.75) is 0 Å². The zero-order chi connectivity index (χ0) is 11.5. The Morgan fingerprint density at radius 3 is 2.62 bits per heavy atom. The molecule has 5 heteroatoms. The van der Waals surface area contributed by atoms with Gasteiger partial charge in [-0.2, -0.15) is 0 Å². The van der Waals surface area contributed by atoms with E-state index in [0.29, 0.717) is 11.6 Å². The van der Waals surface area contributed by atoms with Crippen LogP contribution >= 0.6 is 0 Å². The lowest BCUT2D eigenvalue weighted by atomic mass is 10.3. The minimum absolute atomic E-state index is 0.355. The predicted octanol–water partition coefficient (Wildman–Crippen LogP) is -0.208. The van der Waals surface area contributed by atoms with Gasteiger partial charge in [0.15, 0.2) is 0 Å². The van der Waals surface area contributed by atoms with Crippen LogP contribution in [0.3, 0.4) is 0 Å². The summed E-state index contributed by atoms with van der Waals surface area (Å²) in [6, 6.07) is 1.77. The molecule has 2 rings (SSSR count). The largest absolute Gasteiger partial charge is 0.383 e. The van der Waals surface area contributed by atoms with E-state index in [2.05, 4.69) is 32.7 Å². The van der Waals surface area contributed by atoms with E-state index in [4.69, 9.17) is 12.2 Å². The molecule has 2 heterocycles. The summed E-state index contributed by atoms with van der Waals surface area (Å²) >= 11 is 0. The van der Waals surface area contributed by atoms with Gasteiger partial charge in [0.25, 0.3) is 0 Å². The van der Waals surface area contributed by atoms with Crippen LogP contribution in [-0.4, -0.2) is 48.1 Å². The van der Waals surface area contributed by atoms with Crippen LogP contribution < -0.4 is 10.6 Å². The van der Waals surface area contributed by atoms with Crippen molar-refractivity contribution in [2.75, 3.05) is 43.9 Å². The third-order valence-electron chi connectivity index (χ3n) is 2.69. The molecule has 0 unspecified atom stereocenters. The Bertz CT molecular complexity index is 415. The molecule has 0 bridgehead atoms. The Hall–Kier alpha value is -1.80. The molecule has 1 aromatic rings. The Kier molecular flexibility index (Phi) is 2.93. The van der Waals surface area contributed by atoms with Gasteiger partial charge in [-0.05, 0) is 13.0 Å². The van der Waals surface area contributed by atoms with Crippen molar-refractivity contribution < 1.29 is 0 Å². The molecule has 0 saturated carbocycles. The number of aromatic nitrogens is 2. The normalized spacial score (nSPS) is 17.1. The SMILES string of the molecule is C#Cc1nc(N)cc(N2CCN(C)CC2)n1. The first kappa shape index (κ1) is 10.7. The maximum absolute atomic E-state index is 5.69. The third kappa shape index (κ3) is 2.23. The molecule has 0 spiro atoms. The van der Waals surface area contributed by atoms with Crippen LogP contribution in [0.2, 0.25) is 0 Å². The van der Waals surface area contributed by atoms with Crippen molar-refractivity contribution >= 4 is 11.6 Å². The van der Waals surface area contributed by atoms with Crippen molar-refractivity contribution in [1.29, 1.82) is 0 Å². The number of hydrogen-bond donors (Lipinski definition) is 1. The molecule has 0 atom stereocenters. The molecular weight excluding hydrogens is 202 g/mol. The molecule has 16 heavy (non-hydrogen) atoms. The summed E-state index contributed by atoms with van der Waals surface area (Å²) in [5.41, 5.74) is 5.69. The summed E-state index contributed by atoms with van der Waals surface area (Å²) in [6.07, 6.45) is 5.28. The van der Waals surface area contributed by atoms with E-state index >= 15 is 0 Å². The molecule has 0 radical (unpaired) electrons. The van der Waals surface area contributed by atoms with Crippen molar-refractivity contribution in [2.24, 2.45) is 0 Å². The van der Waals surface area contributed by atoms with Gasteiger partial charge in [0.05, 0.1) is 0 Å². The number of likely N-dealkylation sites (N-methyl/N-ethyl adjacent to an activating group) is 1. The second-order valence-electron chi connectivity index (χ2n) is 3.91. The second kappa shape index (κ2) is 4.37. The number of nitrogens with zero attached hydrogens (tertiary/aromatic N) is 4.